The van der Waals surface area contributed by atoms with E-state index >= 15 is 0 Å². The van der Waals surface area contributed by atoms with Crippen molar-refractivity contribution in [2.75, 3.05) is 10.6 Å². The predicted octanol–water partition coefficient (Wildman–Crippen LogP) is 4.35. The van der Waals surface area contributed by atoms with Crippen LogP contribution in [0.2, 0.25) is 0 Å². The molecule has 0 bridgehead atoms. The van der Waals surface area contributed by atoms with Gasteiger partial charge in [-0.3, -0.25) is 15.1 Å². The monoisotopic (exact) mass is 375 g/mol. The molecule has 2 N–H and O–H groups in total. The number of aromatic nitrogens is 1. The molecule has 0 aliphatic rings. The Morgan fingerprint density at radius 1 is 0.889 bits per heavy atom. The molecule has 3 aromatic rings. The van der Waals surface area contributed by atoms with Gasteiger partial charge in [-0.25, -0.2) is 4.79 Å². The number of fused-ring (bicyclic) bond motifs is 1. The van der Waals surface area contributed by atoms with Crippen molar-refractivity contribution in [1.29, 1.82) is 0 Å². The third-order valence-corrected chi connectivity index (χ3v) is 3.51. The molecule has 0 aliphatic carbocycles. The highest BCUT2D eigenvalue weighted by atomic mass is 19.4. The normalized spacial score (nSPS) is 11.1. The van der Waals surface area contributed by atoms with Gasteiger partial charge < -0.3 is 10.1 Å². The van der Waals surface area contributed by atoms with Crippen LogP contribution in [0, 0.1) is 0 Å². The van der Waals surface area contributed by atoms with Gasteiger partial charge in [0.05, 0.1) is 11.4 Å². The van der Waals surface area contributed by atoms with E-state index in [1.807, 2.05) is 0 Å². The summed E-state index contributed by atoms with van der Waals surface area (Å²) in [7, 11) is 0. The highest BCUT2D eigenvalue weighted by molar-refractivity contribution is 6.09. The Morgan fingerprint density at radius 2 is 1.56 bits per heavy atom. The zero-order chi connectivity index (χ0) is 19.4. The van der Waals surface area contributed by atoms with Gasteiger partial charge in [-0.15, -0.1) is 0 Å². The van der Waals surface area contributed by atoms with E-state index < -0.39 is 18.2 Å². The van der Waals surface area contributed by atoms with E-state index in [1.54, 1.807) is 35.6 Å². The quantitative estimate of drug-likeness (QED) is 0.713. The average molecular weight is 375 g/mol. The highest BCUT2D eigenvalue weighted by Gasteiger charge is 2.38. The van der Waals surface area contributed by atoms with Crippen LogP contribution in [0.5, 0.6) is 5.75 Å². The molecule has 27 heavy (non-hydrogen) atoms. The zero-order valence-corrected chi connectivity index (χ0v) is 13.6. The Morgan fingerprint density at radius 3 is 2.22 bits per heavy atom. The highest BCUT2D eigenvalue weighted by Crippen LogP contribution is 2.30. The molecule has 0 unspecified atom stereocenters. The van der Waals surface area contributed by atoms with E-state index in [9.17, 15) is 22.8 Å². The number of nitrogens with one attached hydrogen (secondary N) is 2. The van der Waals surface area contributed by atoms with Crippen LogP contribution in [0.15, 0.2) is 60.9 Å². The van der Waals surface area contributed by atoms with Crippen LogP contribution in [0.3, 0.4) is 0 Å². The number of alkyl halides is 3. The standard InChI is InChI=1S/C18H12F3N3O3/c19-18(20,21)16(25)23-15-7-6-14(12-8-9-22-10-13(12)15)24-17(26)27-11-4-2-1-3-5-11/h1-10H,(H,23,25)(H,24,26). The van der Waals surface area contributed by atoms with Crippen LogP contribution in [0.25, 0.3) is 10.8 Å². The number of ether oxygens (including phenoxy) is 1. The Balaban J connectivity index is 1.86. The number of pyridine rings is 1. The number of hydrogen-bond acceptors (Lipinski definition) is 4. The topological polar surface area (TPSA) is 80.3 Å². The first-order valence-electron chi connectivity index (χ1n) is 7.63. The lowest BCUT2D eigenvalue weighted by Gasteiger charge is -2.13. The molecule has 2 aromatic carbocycles. The van der Waals surface area contributed by atoms with Crippen molar-refractivity contribution < 1.29 is 27.5 Å². The van der Waals surface area contributed by atoms with Gasteiger partial charge in [0.2, 0.25) is 0 Å². The minimum atomic E-state index is -5.02. The summed E-state index contributed by atoms with van der Waals surface area (Å²) in [6.07, 6.45) is -3.10. The van der Waals surface area contributed by atoms with E-state index in [0.717, 1.165) is 0 Å². The summed E-state index contributed by atoms with van der Waals surface area (Å²) in [6, 6.07) is 12.4. The Labute approximate surface area is 151 Å². The molecule has 0 saturated carbocycles. The van der Waals surface area contributed by atoms with Gasteiger partial charge >= 0.3 is 18.2 Å². The summed E-state index contributed by atoms with van der Waals surface area (Å²) < 4.78 is 42.6. The van der Waals surface area contributed by atoms with Crippen molar-refractivity contribution >= 4 is 34.1 Å². The van der Waals surface area contributed by atoms with Gasteiger partial charge in [-0.2, -0.15) is 13.2 Å². The number of carbonyl (C=O) groups excluding carboxylic acids is 2. The fourth-order valence-electron chi connectivity index (χ4n) is 2.33. The Bertz CT molecular complexity index is 991. The van der Waals surface area contributed by atoms with Gasteiger partial charge in [0, 0.05) is 23.2 Å². The fraction of sp³-hybridized carbons (Fsp3) is 0.0556. The van der Waals surface area contributed by atoms with Crippen molar-refractivity contribution in [2.24, 2.45) is 0 Å². The first kappa shape index (κ1) is 18.2. The van der Waals surface area contributed by atoms with Crippen molar-refractivity contribution in [2.45, 2.75) is 6.18 Å². The van der Waals surface area contributed by atoms with Gasteiger partial charge in [0.15, 0.2) is 0 Å². The van der Waals surface area contributed by atoms with E-state index in [4.69, 9.17) is 4.74 Å². The number of nitrogens with zero attached hydrogens (tertiary/aromatic N) is 1. The third kappa shape index (κ3) is 4.32. The largest absolute Gasteiger partial charge is 0.471 e. The molecule has 0 spiro atoms. The van der Waals surface area contributed by atoms with E-state index in [-0.39, 0.29) is 11.1 Å². The van der Waals surface area contributed by atoms with Gasteiger partial charge in [0.25, 0.3) is 0 Å². The molecule has 138 valence electrons. The number of anilines is 2. The van der Waals surface area contributed by atoms with Crippen LogP contribution in [0.1, 0.15) is 0 Å². The maximum atomic E-state index is 12.5. The van der Waals surface area contributed by atoms with E-state index in [2.05, 4.69) is 10.3 Å². The summed E-state index contributed by atoms with van der Waals surface area (Å²) in [4.78, 5) is 27.1. The molecule has 1 aromatic heterocycles. The lowest BCUT2D eigenvalue weighted by Crippen LogP contribution is -2.30. The number of hydrogen-bond donors (Lipinski definition) is 2. The molecule has 0 aliphatic heterocycles. The van der Waals surface area contributed by atoms with Crippen LogP contribution in [-0.4, -0.2) is 23.2 Å². The van der Waals surface area contributed by atoms with E-state index in [1.165, 1.54) is 30.6 Å². The summed E-state index contributed by atoms with van der Waals surface area (Å²) in [5.41, 5.74) is 0.209. The Hall–Kier alpha value is -3.62. The van der Waals surface area contributed by atoms with Crippen molar-refractivity contribution in [3.8, 4) is 5.75 Å². The van der Waals surface area contributed by atoms with Crippen LogP contribution in [-0.2, 0) is 4.79 Å². The van der Waals surface area contributed by atoms with Crippen LogP contribution < -0.4 is 15.4 Å². The maximum Gasteiger partial charge on any atom is 0.471 e. The predicted molar refractivity (Wildman–Crippen MR) is 92.5 cm³/mol. The lowest BCUT2D eigenvalue weighted by atomic mass is 10.1. The fourth-order valence-corrected chi connectivity index (χ4v) is 2.33. The molecule has 0 radical (unpaired) electrons. The molecule has 9 heteroatoms. The van der Waals surface area contributed by atoms with Crippen LogP contribution >= 0.6 is 0 Å². The molecule has 0 saturated heterocycles. The molecule has 6 nitrogen and oxygen atoms in total. The molecule has 1 heterocycles. The number of carbonyl (C=O) groups is 2. The summed E-state index contributed by atoms with van der Waals surface area (Å²) in [6.45, 7) is 0. The lowest BCUT2D eigenvalue weighted by molar-refractivity contribution is -0.167. The number of rotatable bonds is 3. The average Bonchev–Trinajstić information content (AvgIpc) is 2.63. The second-order valence-electron chi connectivity index (χ2n) is 5.36. The Kier molecular flexibility index (Phi) is 4.93. The summed E-state index contributed by atoms with van der Waals surface area (Å²) in [5, 5.41) is 4.93. The van der Waals surface area contributed by atoms with Crippen molar-refractivity contribution in [1.82, 2.24) is 4.98 Å². The minimum absolute atomic E-state index is 0.0811. The number of para-hydroxylation sites is 1. The number of benzene rings is 2. The molecular formula is C18H12F3N3O3. The summed E-state index contributed by atoms with van der Waals surface area (Å²) in [5.74, 6) is -1.77. The van der Waals surface area contributed by atoms with Crippen molar-refractivity contribution in [3.05, 3.63) is 60.9 Å². The second-order valence-corrected chi connectivity index (χ2v) is 5.36. The molecule has 2 amide bonds. The molecule has 0 atom stereocenters. The second kappa shape index (κ2) is 7.32. The number of amides is 2. The maximum absolute atomic E-state index is 12.5. The van der Waals surface area contributed by atoms with Gasteiger partial charge in [-0.05, 0) is 30.3 Å². The summed E-state index contributed by atoms with van der Waals surface area (Å²) >= 11 is 0. The smallest absolute Gasteiger partial charge is 0.410 e. The van der Waals surface area contributed by atoms with Gasteiger partial charge in [0.1, 0.15) is 5.75 Å². The number of halogens is 3. The van der Waals surface area contributed by atoms with Crippen LogP contribution in [0.4, 0.5) is 29.3 Å². The molecular weight excluding hydrogens is 363 g/mol. The minimum Gasteiger partial charge on any atom is -0.410 e. The van der Waals surface area contributed by atoms with Crippen molar-refractivity contribution in [3.63, 3.8) is 0 Å². The SMILES string of the molecule is O=C(Nc1ccc(NC(=O)C(F)(F)F)c2cnccc12)Oc1ccccc1. The van der Waals surface area contributed by atoms with Gasteiger partial charge in [-0.1, -0.05) is 18.2 Å². The first-order valence-corrected chi connectivity index (χ1v) is 7.63. The third-order valence-electron chi connectivity index (χ3n) is 3.51. The zero-order valence-electron chi connectivity index (χ0n) is 13.6. The molecule has 3 rings (SSSR count). The van der Waals surface area contributed by atoms with E-state index in [0.29, 0.717) is 16.8 Å². The molecule has 0 fully saturated rings. The first-order chi connectivity index (χ1) is 12.8.